The van der Waals surface area contributed by atoms with E-state index in [1.54, 1.807) is 0 Å². The van der Waals surface area contributed by atoms with Crippen LogP contribution >= 0.6 is 0 Å². The van der Waals surface area contributed by atoms with E-state index < -0.39 is 0 Å². The molecule has 1 rings (SSSR count). The van der Waals surface area contributed by atoms with Gasteiger partial charge in [0.1, 0.15) is 0 Å². The maximum absolute atomic E-state index is 9.39. The Morgan fingerprint density at radius 1 is 1.50 bits per heavy atom. The summed E-state index contributed by atoms with van der Waals surface area (Å²) in [7, 11) is 0. The first kappa shape index (κ1) is 7.68. The zero-order valence-corrected chi connectivity index (χ0v) is 7.71. The summed E-state index contributed by atoms with van der Waals surface area (Å²) in [5, 5.41) is 10.2. The van der Waals surface area contributed by atoms with Crippen LogP contribution in [-0.2, 0) is 5.21 Å². The van der Waals surface area contributed by atoms with Gasteiger partial charge in [-0.15, -0.1) is 0 Å². The molecule has 0 amide bonds. The predicted molar refractivity (Wildman–Crippen MR) is 42.3 cm³/mol. The Morgan fingerprint density at radius 3 is 2.70 bits per heavy atom. The van der Waals surface area contributed by atoms with Crippen LogP contribution in [0, 0.1) is 6.92 Å². The van der Waals surface area contributed by atoms with E-state index in [9.17, 15) is 5.11 Å². The van der Waals surface area contributed by atoms with Crippen LogP contribution in [0.2, 0.25) is 0 Å². The fourth-order valence-electron chi connectivity index (χ4n) is 0.847. The summed E-state index contributed by atoms with van der Waals surface area (Å²) < 4.78 is 0. The average molecular weight is 196 g/mol. The van der Waals surface area contributed by atoms with Gasteiger partial charge in [-0.25, -0.2) is 0 Å². The van der Waals surface area contributed by atoms with Gasteiger partial charge in [-0.05, 0) is 0 Å². The number of para-hydroxylation sites is 1. The molecule has 0 atom stereocenters. The Kier molecular flexibility index (Phi) is 2.39. The fraction of sp³-hybridized carbons (Fsp3) is 0.250. The van der Waals surface area contributed by atoms with E-state index in [0.29, 0.717) is 5.75 Å². The number of phenolic OH excluding ortho intramolecular Hbond substituents is 1. The van der Waals surface area contributed by atoms with Gasteiger partial charge in [-0.1, -0.05) is 0 Å². The average Bonchev–Trinajstić information content (AvgIpc) is 1.95. The molecule has 1 N–H and O–H groups in total. The second kappa shape index (κ2) is 3.11. The normalized spacial score (nSPS) is 9.80. The first-order valence-electron chi connectivity index (χ1n) is 3.14. The number of phenols is 1. The molecular formula is C8H9AsO. The Hall–Kier alpha value is -0.422. The number of hydrogen-bond donors (Lipinski definition) is 1. The summed E-state index contributed by atoms with van der Waals surface area (Å²) in [6.07, 6.45) is 0. The number of benzene rings is 1. The maximum atomic E-state index is 9.39. The fourth-order valence-corrected chi connectivity index (χ4v) is 1.38. The second-order valence-electron chi connectivity index (χ2n) is 2.24. The molecule has 0 fully saturated rings. The molecule has 0 bridgehead atoms. The number of rotatable bonds is 1. The summed E-state index contributed by atoms with van der Waals surface area (Å²) in [6.45, 7) is 1.90. The van der Waals surface area contributed by atoms with Crippen molar-refractivity contribution in [1.82, 2.24) is 0 Å². The van der Waals surface area contributed by atoms with Crippen molar-refractivity contribution in [1.29, 1.82) is 0 Å². The zero-order chi connectivity index (χ0) is 7.56. The molecule has 0 aliphatic carbocycles. The van der Waals surface area contributed by atoms with Crippen molar-refractivity contribution in [3.8, 4) is 5.75 Å². The predicted octanol–water partition coefficient (Wildman–Crippen LogP) is 1.37. The van der Waals surface area contributed by atoms with Crippen molar-refractivity contribution in [2.45, 2.75) is 12.1 Å². The Bertz CT molecular complexity index is 233. The van der Waals surface area contributed by atoms with E-state index in [-0.39, 0.29) is 0 Å². The third-order valence-electron chi connectivity index (χ3n) is 1.49. The van der Waals surface area contributed by atoms with E-state index in [1.165, 1.54) is 0 Å². The van der Waals surface area contributed by atoms with Gasteiger partial charge >= 0.3 is 69.2 Å². The summed E-state index contributed by atoms with van der Waals surface area (Å²) in [4.78, 5) is 0. The quantitative estimate of drug-likeness (QED) is 0.672. The molecule has 0 aliphatic rings. The van der Waals surface area contributed by atoms with Gasteiger partial charge in [-0.3, -0.25) is 0 Å². The van der Waals surface area contributed by atoms with Crippen LogP contribution in [0.4, 0.5) is 0 Å². The minimum atomic E-state index is 0.433. The summed E-state index contributed by atoms with van der Waals surface area (Å²) in [5.41, 5.74) is 1.95. The van der Waals surface area contributed by atoms with Crippen LogP contribution in [0.25, 0.3) is 0 Å². The van der Waals surface area contributed by atoms with Crippen molar-refractivity contribution >= 4 is 16.9 Å². The summed E-state index contributed by atoms with van der Waals surface area (Å²) in [6, 6.07) is 5.79. The molecule has 0 unspecified atom stereocenters. The van der Waals surface area contributed by atoms with Crippen molar-refractivity contribution < 1.29 is 5.11 Å². The van der Waals surface area contributed by atoms with Crippen molar-refractivity contribution in [2.24, 2.45) is 0 Å². The summed E-state index contributed by atoms with van der Waals surface area (Å²) >= 11 is 2.45. The topological polar surface area (TPSA) is 20.2 Å². The molecule has 2 heteroatoms. The van der Waals surface area contributed by atoms with E-state index in [4.69, 9.17) is 0 Å². The molecule has 1 aromatic rings. The first-order valence-corrected chi connectivity index (χ1v) is 4.46. The van der Waals surface area contributed by atoms with Gasteiger partial charge in [-0.2, -0.15) is 0 Å². The van der Waals surface area contributed by atoms with Gasteiger partial charge < -0.3 is 0 Å². The molecule has 0 spiro atoms. The molecule has 0 saturated carbocycles. The van der Waals surface area contributed by atoms with Crippen molar-refractivity contribution in [2.75, 3.05) is 0 Å². The van der Waals surface area contributed by atoms with E-state index in [1.807, 2.05) is 25.1 Å². The molecule has 0 saturated heterocycles. The Labute approximate surface area is 69.6 Å². The molecule has 10 heavy (non-hydrogen) atoms. The van der Waals surface area contributed by atoms with Crippen molar-refractivity contribution in [3.05, 3.63) is 29.3 Å². The molecule has 2 radical (unpaired) electrons. The van der Waals surface area contributed by atoms with Gasteiger partial charge in [0.05, 0.1) is 0 Å². The number of aryl methyl sites for hydroxylation is 1. The SMILES string of the molecule is Cc1cccc(C[As])c1O. The molecule has 0 aliphatic heterocycles. The summed E-state index contributed by atoms with van der Waals surface area (Å²) in [5.74, 6) is 0.433. The third-order valence-corrected chi connectivity index (χ3v) is 2.21. The van der Waals surface area contributed by atoms with Crippen LogP contribution in [0.3, 0.4) is 0 Å². The monoisotopic (exact) mass is 196 g/mol. The molecule has 1 aromatic carbocycles. The minimum absolute atomic E-state index is 0.433. The van der Waals surface area contributed by atoms with Gasteiger partial charge in [0.2, 0.25) is 0 Å². The van der Waals surface area contributed by atoms with Crippen LogP contribution < -0.4 is 0 Å². The Balaban J connectivity index is 3.14. The first-order chi connectivity index (χ1) is 4.75. The molecule has 0 heterocycles. The third kappa shape index (κ3) is 1.35. The van der Waals surface area contributed by atoms with Crippen LogP contribution in [0.5, 0.6) is 5.75 Å². The zero-order valence-electron chi connectivity index (χ0n) is 5.83. The second-order valence-corrected chi connectivity index (χ2v) is 2.90. The Morgan fingerprint density at radius 2 is 2.20 bits per heavy atom. The van der Waals surface area contributed by atoms with Crippen LogP contribution in [0.15, 0.2) is 18.2 Å². The number of aromatic hydroxyl groups is 1. The molecular weight excluding hydrogens is 187 g/mol. The van der Waals surface area contributed by atoms with Gasteiger partial charge in [0, 0.05) is 0 Å². The van der Waals surface area contributed by atoms with Gasteiger partial charge in [0.15, 0.2) is 0 Å². The van der Waals surface area contributed by atoms with Crippen LogP contribution in [0.1, 0.15) is 11.1 Å². The van der Waals surface area contributed by atoms with E-state index >= 15 is 0 Å². The van der Waals surface area contributed by atoms with E-state index in [2.05, 4.69) is 16.9 Å². The van der Waals surface area contributed by atoms with Gasteiger partial charge in [0.25, 0.3) is 0 Å². The van der Waals surface area contributed by atoms with Crippen molar-refractivity contribution in [3.63, 3.8) is 0 Å². The molecule has 0 aromatic heterocycles. The van der Waals surface area contributed by atoms with E-state index in [0.717, 1.165) is 16.3 Å². The molecule has 52 valence electrons. The van der Waals surface area contributed by atoms with Crippen LogP contribution in [-0.4, -0.2) is 22.0 Å². The molecule has 1 nitrogen and oxygen atoms in total. The number of hydrogen-bond acceptors (Lipinski definition) is 1. The standard InChI is InChI=1S/C8H9AsO/c1-6-3-2-4-7(5-9)8(6)10/h2-4,10H,5H2,1H3.